The largest absolute Gasteiger partial charge is 0.462 e. The van der Waals surface area contributed by atoms with Gasteiger partial charge in [-0.1, -0.05) is 0 Å². The average molecular weight is 277 g/mol. The lowest BCUT2D eigenvalue weighted by atomic mass is 10.1. The molecule has 0 bridgehead atoms. The Morgan fingerprint density at radius 3 is 2.95 bits per heavy atom. The highest BCUT2D eigenvalue weighted by Gasteiger charge is 2.17. The summed E-state index contributed by atoms with van der Waals surface area (Å²) in [5, 5.41) is 2.81. The molecule has 1 aromatic rings. The lowest BCUT2D eigenvalue weighted by Crippen LogP contribution is -2.29. The van der Waals surface area contributed by atoms with Crippen LogP contribution < -0.4 is 16.0 Å². The van der Waals surface area contributed by atoms with Gasteiger partial charge in [0.1, 0.15) is 0 Å². The molecule has 2 rings (SSSR count). The van der Waals surface area contributed by atoms with E-state index in [-0.39, 0.29) is 11.9 Å². The highest BCUT2D eigenvalue weighted by molar-refractivity contribution is 5.92. The van der Waals surface area contributed by atoms with Crippen molar-refractivity contribution in [3.63, 3.8) is 0 Å². The van der Waals surface area contributed by atoms with Crippen LogP contribution in [0.25, 0.3) is 0 Å². The van der Waals surface area contributed by atoms with Gasteiger partial charge >= 0.3 is 5.97 Å². The molecule has 0 spiro atoms. The van der Waals surface area contributed by atoms with E-state index in [2.05, 4.69) is 5.32 Å². The van der Waals surface area contributed by atoms with Gasteiger partial charge in [0.2, 0.25) is 5.91 Å². The molecule has 20 heavy (non-hydrogen) atoms. The number of nitrogens with two attached hydrogens (primary N) is 1. The Labute approximate surface area is 117 Å². The van der Waals surface area contributed by atoms with Gasteiger partial charge in [0, 0.05) is 26.1 Å². The van der Waals surface area contributed by atoms with Crippen LogP contribution >= 0.6 is 0 Å². The van der Waals surface area contributed by atoms with Crippen LogP contribution in [0.5, 0.6) is 0 Å². The van der Waals surface area contributed by atoms with Crippen LogP contribution in [0.4, 0.5) is 11.4 Å². The molecule has 3 N–H and O–H groups in total. The fourth-order valence-electron chi connectivity index (χ4n) is 2.19. The molecule has 1 amide bonds. The highest BCUT2D eigenvalue weighted by Crippen LogP contribution is 2.25. The molecular weight excluding hydrogens is 258 g/mol. The van der Waals surface area contributed by atoms with Crippen LogP contribution in [0.15, 0.2) is 18.2 Å². The third-order valence-electron chi connectivity index (χ3n) is 3.19. The summed E-state index contributed by atoms with van der Waals surface area (Å²) in [6.07, 6.45) is 0.444. The number of nitrogen functional groups attached to an aromatic ring is 1. The van der Waals surface area contributed by atoms with Crippen molar-refractivity contribution in [1.29, 1.82) is 0 Å². The number of carbonyl (C=O) groups is 2. The van der Waals surface area contributed by atoms with Crippen molar-refractivity contribution in [2.45, 2.75) is 13.3 Å². The zero-order chi connectivity index (χ0) is 14.5. The lowest BCUT2D eigenvalue weighted by molar-refractivity contribution is -0.120. The Morgan fingerprint density at radius 2 is 2.25 bits per heavy atom. The number of hydrogen-bond acceptors (Lipinski definition) is 5. The van der Waals surface area contributed by atoms with Gasteiger partial charge in [0.25, 0.3) is 0 Å². The minimum atomic E-state index is -0.376. The van der Waals surface area contributed by atoms with Crippen molar-refractivity contribution in [3.05, 3.63) is 23.8 Å². The number of rotatable bonds is 3. The summed E-state index contributed by atoms with van der Waals surface area (Å²) in [6.45, 7) is 4.01. The highest BCUT2D eigenvalue weighted by atomic mass is 16.5. The first-order valence-electron chi connectivity index (χ1n) is 6.70. The quantitative estimate of drug-likeness (QED) is 0.630. The summed E-state index contributed by atoms with van der Waals surface area (Å²) < 4.78 is 4.94. The van der Waals surface area contributed by atoms with E-state index in [0.29, 0.717) is 43.9 Å². The topological polar surface area (TPSA) is 84.7 Å². The number of anilines is 2. The second-order valence-electron chi connectivity index (χ2n) is 4.58. The molecule has 0 atom stereocenters. The van der Waals surface area contributed by atoms with Gasteiger partial charge in [0.05, 0.1) is 23.5 Å². The van der Waals surface area contributed by atoms with Crippen molar-refractivity contribution >= 4 is 23.3 Å². The van der Waals surface area contributed by atoms with Gasteiger partial charge in [-0.2, -0.15) is 0 Å². The Morgan fingerprint density at radius 1 is 1.45 bits per heavy atom. The van der Waals surface area contributed by atoms with Gasteiger partial charge in [-0.25, -0.2) is 4.79 Å². The second-order valence-corrected chi connectivity index (χ2v) is 4.58. The molecular formula is C14H19N3O3. The van der Waals surface area contributed by atoms with Gasteiger partial charge in [0.15, 0.2) is 0 Å². The molecule has 1 saturated heterocycles. The molecule has 0 unspecified atom stereocenters. The minimum Gasteiger partial charge on any atom is -0.462 e. The fraction of sp³-hybridized carbons (Fsp3) is 0.429. The molecule has 1 fully saturated rings. The number of esters is 1. The number of ether oxygens (including phenoxy) is 1. The molecule has 1 aliphatic rings. The van der Waals surface area contributed by atoms with E-state index in [1.807, 2.05) is 4.90 Å². The maximum absolute atomic E-state index is 11.6. The number of nitrogens with zero attached hydrogens (tertiary/aromatic N) is 1. The average Bonchev–Trinajstić information content (AvgIpc) is 2.64. The normalized spacial score (nSPS) is 15.4. The first kappa shape index (κ1) is 14.2. The number of benzene rings is 1. The van der Waals surface area contributed by atoms with E-state index >= 15 is 0 Å². The molecule has 1 heterocycles. The van der Waals surface area contributed by atoms with Crippen molar-refractivity contribution in [1.82, 2.24) is 5.32 Å². The van der Waals surface area contributed by atoms with Crippen molar-refractivity contribution in [2.24, 2.45) is 0 Å². The maximum Gasteiger partial charge on any atom is 0.338 e. The van der Waals surface area contributed by atoms with Gasteiger partial charge in [-0.05, 0) is 25.1 Å². The summed E-state index contributed by atoms with van der Waals surface area (Å²) >= 11 is 0. The van der Waals surface area contributed by atoms with Crippen molar-refractivity contribution < 1.29 is 14.3 Å². The van der Waals surface area contributed by atoms with E-state index in [0.717, 1.165) is 5.69 Å². The van der Waals surface area contributed by atoms with Crippen LogP contribution in [-0.4, -0.2) is 38.1 Å². The van der Waals surface area contributed by atoms with Crippen LogP contribution in [-0.2, 0) is 9.53 Å². The minimum absolute atomic E-state index is 0.0502. The first-order valence-corrected chi connectivity index (χ1v) is 6.70. The molecule has 1 aliphatic heterocycles. The predicted octanol–water partition coefficient (Wildman–Crippen LogP) is 0.772. The molecule has 0 radical (unpaired) electrons. The zero-order valence-electron chi connectivity index (χ0n) is 11.5. The van der Waals surface area contributed by atoms with E-state index in [4.69, 9.17) is 10.5 Å². The van der Waals surface area contributed by atoms with Crippen LogP contribution in [0.2, 0.25) is 0 Å². The van der Waals surface area contributed by atoms with E-state index in [1.165, 1.54) is 0 Å². The Bertz CT molecular complexity index is 516. The predicted molar refractivity (Wildman–Crippen MR) is 76.7 cm³/mol. The Kier molecular flexibility index (Phi) is 4.45. The third-order valence-corrected chi connectivity index (χ3v) is 3.19. The Hall–Kier alpha value is -2.24. The third kappa shape index (κ3) is 3.20. The fourth-order valence-corrected chi connectivity index (χ4v) is 2.19. The maximum atomic E-state index is 11.6. The number of hydrogen-bond donors (Lipinski definition) is 2. The summed E-state index contributed by atoms with van der Waals surface area (Å²) in [5.74, 6) is -0.326. The molecule has 0 aliphatic carbocycles. The van der Waals surface area contributed by atoms with Crippen LogP contribution in [0.1, 0.15) is 23.7 Å². The van der Waals surface area contributed by atoms with Crippen molar-refractivity contribution in [3.8, 4) is 0 Å². The zero-order valence-corrected chi connectivity index (χ0v) is 11.5. The molecule has 6 nitrogen and oxygen atoms in total. The van der Waals surface area contributed by atoms with Gasteiger partial charge < -0.3 is 20.7 Å². The smallest absolute Gasteiger partial charge is 0.338 e. The van der Waals surface area contributed by atoms with E-state index in [1.54, 1.807) is 25.1 Å². The molecule has 1 aromatic carbocycles. The molecule has 6 heteroatoms. The monoisotopic (exact) mass is 277 g/mol. The molecule has 0 saturated carbocycles. The molecule has 0 aromatic heterocycles. The Balaban J connectivity index is 2.16. The van der Waals surface area contributed by atoms with Crippen LogP contribution in [0, 0.1) is 0 Å². The molecule has 108 valence electrons. The summed E-state index contributed by atoms with van der Waals surface area (Å²) in [7, 11) is 0. The number of carbonyl (C=O) groups excluding carboxylic acids is 2. The SMILES string of the molecule is CCOC(=O)c1ccc(N2CCNC(=O)CC2)c(N)c1. The van der Waals surface area contributed by atoms with E-state index < -0.39 is 0 Å². The first-order chi connectivity index (χ1) is 9.61. The number of amides is 1. The van der Waals surface area contributed by atoms with Gasteiger partial charge in [-0.3, -0.25) is 4.79 Å². The lowest BCUT2D eigenvalue weighted by Gasteiger charge is -2.23. The summed E-state index contributed by atoms with van der Waals surface area (Å²) in [5.41, 5.74) is 7.82. The number of nitrogens with one attached hydrogen (secondary N) is 1. The van der Waals surface area contributed by atoms with Gasteiger partial charge in [-0.15, -0.1) is 0 Å². The summed E-state index contributed by atoms with van der Waals surface area (Å²) in [4.78, 5) is 25.0. The van der Waals surface area contributed by atoms with Crippen molar-refractivity contribution in [2.75, 3.05) is 36.9 Å². The standard InChI is InChI=1S/C14H19N3O3/c1-2-20-14(19)10-3-4-12(11(15)9-10)17-7-5-13(18)16-6-8-17/h3-4,9H,2,5-8,15H2,1H3,(H,16,18). The second kappa shape index (κ2) is 6.27. The summed E-state index contributed by atoms with van der Waals surface area (Å²) in [6, 6.07) is 5.12. The van der Waals surface area contributed by atoms with Crippen LogP contribution in [0.3, 0.4) is 0 Å². The van der Waals surface area contributed by atoms with E-state index in [9.17, 15) is 9.59 Å².